The van der Waals surface area contributed by atoms with E-state index in [9.17, 15) is 14.4 Å². The quantitative estimate of drug-likeness (QED) is 0.555. The molecule has 1 heterocycles. The van der Waals surface area contributed by atoms with Crippen molar-refractivity contribution in [2.75, 3.05) is 20.8 Å². The molecular weight excluding hydrogens is 448 g/mol. The summed E-state index contributed by atoms with van der Waals surface area (Å²) in [6.45, 7) is 4.60. The molecule has 0 aromatic heterocycles. The molecule has 4 amide bonds. The van der Waals surface area contributed by atoms with Crippen LogP contribution in [0.1, 0.15) is 64.4 Å². The van der Waals surface area contributed by atoms with Crippen LogP contribution in [0.5, 0.6) is 11.5 Å². The van der Waals surface area contributed by atoms with Crippen LogP contribution in [0, 0.1) is 5.92 Å². The van der Waals surface area contributed by atoms with Crippen molar-refractivity contribution in [3.05, 3.63) is 23.8 Å². The standard InChI is InChI=1S/C26H40N4O5/c1-17(2)10-23-25(32)29(15-18-11-21(34-3)14-22(12-18)35-4)16-20(13-24(27)31)30(23)26(33)28-19-8-6-5-7-9-19/h11-12,14,17,19-20,23H,5-10,13,15-16H2,1-4H3,(H2,27,31)(H,28,33)/t20?,23-/m0/s1. The number of rotatable bonds is 9. The van der Waals surface area contributed by atoms with Gasteiger partial charge in [-0.1, -0.05) is 33.1 Å². The number of carbonyl (C=O) groups is 3. The Hall–Kier alpha value is -2.97. The summed E-state index contributed by atoms with van der Waals surface area (Å²) in [6.07, 6.45) is 5.73. The fraction of sp³-hybridized carbons (Fsp3) is 0.654. The van der Waals surface area contributed by atoms with E-state index in [1.807, 2.05) is 26.0 Å². The van der Waals surface area contributed by atoms with Gasteiger partial charge in [0.05, 0.1) is 20.3 Å². The highest BCUT2D eigenvalue weighted by Gasteiger charge is 2.44. The minimum absolute atomic E-state index is 0.00209. The molecule has 1 saturated carbocycles. The Labute approximate surface area is 208 Å². The van der Waals surface area contributed by atoms with Crippen molar-refractivity contribution in [2.24, 2.45) is 11.7 Å². The number of urea groups is 1. The zero-order chi connectivity index (χ0) is 25.5. The number of piperazine rings is 1. The van der Waals surface area contributed by atoms with Crippen molar-refractivity contribution in [1.82, 2.24) is 15.1 Å². The number of hydrogen-bond donors (Lipinski definition) is 2. The summed E-state index contributed by atoms with van der Waals surface area (Å²) in [5.74, 6) is 0.820. The number of carbonyl (C=O) groups excluding carboxylic acids is 3. The molecule has 9 nitrogen and oxygen atoms in total. The minimum Gasteiger partial charge on any atom is -0.497 e. The van der Waals surface area contributed by atoms with Crippen LogP contribution in [0.2, 0.25) is 0 Å². The van der Waals surface area contributed by atoms with Crippen molar-refractivity contribution in [3.8, 4) is 11.5 Å². The highest BCUT2D eigenvalue weighted by molar-refractivity contribution is 5.89. The number of nitrogens with zero attached hydrogens (tertiary/aromatic N) is 2. The summed E-state index contributed by atoms with van der Waals surface area (Å²) in [7, 11) is 3.16. The van der Waals surface area contributed by atoms with Crippen LogP contribution >= 0.6 is 0 Å². The van der Waals surface area contributed by atoms with Gasteiger partial charge in [0.2, 0.25) is 11.8 Å². The number of ether oxygens (including phenoxy) is 2. The fourth-order valence-corrected chi connectivity index (χ4v) is 5.20. The number of amides is 4. The van der Waals surface area contributed by atoms with Gasteiger partial charge in [-0.25, -0.2) is 4.79 Å². The molecule has 0 spiro atoms. The smallest absolute Gasteiger partial charge is 0.318 e. The lowest BCUT2D eigenvalue weighted by Crippen LogP contribution is -2.66. The number of primary amides is 1. The molecule has 1 unspecified atom stereocenters. The van der Waals surface area contributed by atoms with Gasteiger partial charge in [0.25, 0.3) is 0 Å². The molecule has 1 aromatic carbocycles. The summed E-state index contributed by atoms with van der Waals surface area (Å²) < 4.78 is 10.8. The summed E-state index contributed by atoms with van der Waals surface area (Å²) in [4.78, 5) is 42.5. The number of methoxy groups -OCH3 is 2. The first-order valence-electron chi connectivity index (χ1n) is 12.6. The van der Waals surface area contributed by atoms with E-state index in [1.165, 1.54) is 6.42 Å². The molecule has 1 aromatic rings. The lowest BCUT2D eigenvalue weighted by atomic mass is 9.94. The third-order valence-corrected chi connectivity index (χ3v) is 6.84. The van der Waals surface area contributed by atoms with Gasteiger partial charge in [0.15, 0.2) is 0 Å². The molecule has 9 heteroatoms. The maximum absolute atomic E-state index is 13.7. The van der Waals surface area contributed by atoms with Crippen LogP contribution in [0.4, 0.5) is 4.79 Å². The van der Waals surface area contributed by atoms with Crippen LogP contribution in [-0.4, -0.2) is 66.5 Å². The van der Waals surface area contributed by atoms with Crippen LogP contribution in [0.25, 0.3) is 0 Å². The highest BCUT2D eigenvalue weighted by atomic mass is 16.5. The molecule has 2 atom stereocenters. The second-order valence-electron chi connectivity index (χ2n) is 10.1. The SMILES string of the molecule is COc1cc(CN2CC(CC(N)=O)N(C(=O)NC3CCCCC3)[C@@H](CC(C)C)C2=O)cc(OC)c1. The molecule has 3 rings (SSSR count). The molecule has 1 aliphatic heterocycles. The van der Waals surface area contributed by atoms with E-state index in [0.29, 0.717) is 24.5 Å². The van der Waals surface area contributed by atoms with Crippen LogP contribution in [-0.2, 0) is 16.1 Å². The lowest BCUT2D eigenvalue weighted by Gasteiger charge is -2.46. The van der Waals surface area contributed by atoms with Crippen molar-refractivity contribution in [3.63, 3.8) is 0 Å². The molecule has 1 saturated heterocycles. The predicted molar refractivity (Wildman–Crippen MR) is 133 cm³/mol. The molecule has 194 valence electrons. The Kier molecular flexibility index (Phi) is 9.23. The molecule has 3 N–H and O–H groups in total. The summed E-state index contributed by atoms with van der Waals surface area (Å²) in [6, 6.07) is 4.16. The molecule has 0 bridgehead atoms. The number of hydrogen-bond acceptors (Lipinski definition) is 5. The van der Waals surface area contributed by atoms with E-state index in [1.54, 1.807) is 30.1 Å². The summed E-state index contributed by atoms with van der Waals surface area (Å²) in [5, 5.41) is 3.14. The van der Waals surface area contributed by atoms with Gasteiger partial charge in [-0.05, 0) is 42.9 Å². The van der Waals surface area contributed by atoms with Crippen molar-refractivity contribution in [2.45, 2.75) is 83.5 Å². The Morgan fingerprint density at radius 1 is 1.09 bits per heavy atom. The molecule has 0 radical (unpaired) electrons. The number of nitrogens with two attached hydrogens (primary N) is 1. The Bertz CT molecular complexity index is 877. The van der Waals surface area contributed by atoms with Gasteiger partial charge in [0, 0.05) is 31.6 Å². The monoisotopic (exact) mass is 488 g/mol. The average Bonchev–Trinajstić information content (AvgIpc) is 2.81. The van der Waals surface area contributed by atoms with Crippen molar-refractivity contribution < 1.29 is 23.9 Å². The maximum atomic E-state index is 13.7. The highest BCUT2D eigenvalue weighted by Crippen LogP contribution is 2.29. The zero-order valence-electron chi connectivity index (χ0n) is 21.4. The van der Waals surface area contributed by atoms with Crippen LogP contribution < -0.4 is 20.5 Å². The van der Waals surface area contributed by atoms with Gasteiger partial charge >= 0.3 is 6.03 Å². The predicted octanol–water partition coefficient (Wildman–Crippen LogP) is 3.05. The van der Waals surface area contributed by atoms with Gasteiger partial charge in [-0.15, -0.1) is 0 Å². The maximum Gasteiger partial charge on any atom is 0.318 e. The third kappa shape index (κ3) is 7.02. The van der Waals surface area contributed by atoms with E-state index in [-0.39, 0.29) is 36.9 Å². The number of nitrogens with one attached hydrogen (secondary N) is 1. The van der Waals surface area contributed by atoms with Gasteiger partial charge < -0.3 is 30.3 Å². The van der Waals surface area contributed by atoms with E-state index < -0.39 is 18.0 Å². The lowest BCUT2D eigenvalue weighted by molar-refractivity contribution is -0.145. The molecule has 1 aliphatic carbocycles. The van der Waals surface area contributed by atoms with Crippen molar-refractivity contribution in [1.29, 1.82) is 0 Å². The minimum atomic E-state index is -0.663. The zero-order valence-corrected chi connectivity index (χ0v) is 21.4. The largest absolute Gasteiger partial charge is 0.497 e. The van der Waals surface area contributed by atoms with E-state index in [2.05, 4.69) is 5.32 Å². The second-order valence-corrected chi connectivity index (χ2v) is 10.1. The normalized spacial score (nSPS) is 21.2. The summed E-state index contributed by atoms with van der Waals surface area (Å²) >= 11 is 0. The van der Waals surface area contributed by atoms with Crippen molar-refractivity contribution >= 4 is 17.8 Å². The first kappa shape index (κ1) is 26.6. The fourth-order valence-electron chi connectivity index (χ4n) is 5.20. The number of benzene rings is 1. The first-order valence-corrected chi connectivity index (χ1v) is 12.6. The molecule has 2 aliphatic rings. The summed E-state index contributed by atoms with van der Waals surface area (Å²) in [5.41, 5.74) is 6.43. The van der Waals surface area contributed by atoms with E-state index >= 15 is 0 Å². The van der Waals surface area contributed by atoms with E-state index in [0.717, 1.165) is 31.2 Å². The Morgan fingerprint density at radius 2 is 1.71 bits per heavy atom. The first-order chi connectivity index (χ1) is 16.7. The van der Waals surface area contributed by atoms with E-state index in [4.69, 9.17) is 15.2 Å². The van der Waals surface area contributed by atoms with Gasteiger partial charge in [-0.3, -0.25) is 9.59 Å². The second kappa shape index (κ2) is 12.1. The Morgan fingerprint density at radius 3 is 2.26 bits per heavy atom. The Balaban J connectivity index is 1.89. The van der Waals surface area contributed by atoms with Crippen LogP contribution in [0.3, 0.4) is 0 Å². The molecule has 35 heavy (non-hydrogen) atoms. The van der Waals surface area contributed by atoms with Gasteiger partial charge in [-0.2, -0.15) is 0 Å². The molecular formula is C26H40N4O5. The molecule has 2 fully saturated rings. The topological polar surface area (TPSA) is 114 Å². The van der Waals surface area contributed by atoms with Gasteiger partial charge in [0.1, 0.15) is 17.5 Å². The average molecular weight is 489 g/mol. The third-order valence-electron chi connectivity index (χ3n) is 6.84. The van der Waals surface area contributed by atoms with Crippen LogP contribution in [0.15, 0.2) is 18.2 Å².